The number of aliphatic carboxylic acids is 1. The van der Waals surface area contributed by atoms with E-state index in [4.69, 9.17) is 5.11 Å². The van der Waals surface area contributed by atoms with Gasteiger partial charge in [0.1, 0.15) is 11.3 Å². The van der Waals surface area contributed by atoms with Gasteiger partial charge in [0.2, 0.25) is 5.88 Å². The first-order valence-corrected chi connectivity index (χ1v) is 4.28. The van der Waals surface area contributed by atoms with E-state index in [0.29, 0.717) is 18.6 Å². The second kappa shape index (κ2) is 2.87. The second-order valence-electron chi connectivity index (χ2n) is 3.24. The first-order chi connectivity index (χ1) is 6.61. The van der Waals surface area contributed by atoms with E-state index in [0.717, 1.165) is 6.42 Å². The van der Waals surface area contributed by atoms with Crippen LogP contribution in [0.4, 0.5) is 0 Å². The van der Waals surface area contributed by atoms with Gasteiger partial charge in [0.15, 0.2) is 0 Å². The van der Waals surface area contributed by atoms with Crippen LogP contribution in [0, 0.1) is 0 Å². The zero-order valence-electron chi connectivity index (χ0n) is 7.32. The van der Waals surface area contributed by atoms with Crippen LogP contribution in [0.15, 0.2) is 27.8 Å². The van der Waals surface area contributed by atoms with Gasteiger partial charge in [-0.05, 0) is 12.8 Å². The minimum absolute atomic E-state index is 0.0106. The van der Waals surface area contributed by atoms with Gasteiger partial charge in [0, 0.05) is 6.42 Å². The zero-order valence-corrected chi connectivity index (χ0v) is 7.32. The molecular formula is C9H9NO4. The fourth-order valence-electron chi connectivity index (χ4n) is 1.74. The molecule has 0 aromatic heterocycles. The first kappa shape index (κ1) is 8.80. The molecule has 2 rings (SSSR count). The Balaban J connectivity index is 2.56. The fourth-order valence-corrected chi connectivity index (χ4v) is 1.74. The van der Waals surface area contributed by atoms with Crippen molar-refractivity contribution in [3.05, 3.63) is 22.8 Å². The molecule has 0 aromatic carbocycles. The molecule has 3 N–H and O–H groups in total. The Bertz CT molecular complexity index is 403. The lowest BCUT2D eigenvalue weighted by atomic mass is 9.92. The van der Waals surface area contributed by atoms with Gasteiger partial charge < -0.3 is 15.3 Å². The number of rotatable bonds is 1. The predicted molar refractivity (Wildman–Crippen MR) is 48.2 cm³/mol. The molecule has 0 fully saturated rings. The normalized spacial score (nSPS) is 21.0. The highest BCUT2D eigenvalue weighted by Crippen LogP contribution is 2.33. The lowest BCUT2D eigenvalue weighted by molar-refractivity contribution is -0.132. The molecule has 14 heavy (non-hydrogen) atoms. The van der Waals surface area contributed by atoms with E-state index in [1.807, 2.05) is 0 Å². The van der Waals surface area contributed by atoms with E-state index >= 15 is 0 Å². The Morgan fingerprint density at radius 1 is 1.29 bits per heavy atom. The largest absolute Gasteiger partial charge is 0.512 e. The maximum Gasteiger partial charge on any atom is 0.342 e. The Hall–Kier alpha value is -1.78. The molecule has 0 spiro atoms. The number of carboxylic acid groups (broad SMARTS) is 1. The summed E-state index contributed by atoms with van der Waals surface area (Å²) in [6.07, 6.45) is 1.77. The minimum atomic E-state index is -1.26. The third kappa shape index (κ3) is 1.09. The highest BCUT2D eigenvalue weighted by molar-refractivity contribution is 6.16. The number of aliphatic imine (C=N–C) groups is 1. The van der Waals surface area contributed by atoms with E-state index in [1.165, 1.54) is 0 Å². The molecular weight excluding hydrogens is 186 g/mol. The fraction of sp³-hybridized carbons (Fsp3) is 0.333. The molecule has 0 saturated carbocycles. The maximum atomic E-state index is 10.8. The number of aliphatic hydroxyl groups excluding tert-OH is 2. The lowest BCUT2D eigenvalue weighted by Crippen LogP contribution is -2.14. The highest BCUT2D eigenvalue weighted by Gasteiger charge is 2.33. The van der Waals surface area contributed by atoms with Gasteiger partial charge in [0.05, 0.1) is 11.3 Å². The van der Waals surface area contributed by atoms with Crippen molar-refractivity contribution >= 4 is 11.7 Å². The molecule has 0 radical (unpaired) electrons. The molecule has 1 aliphatic carbocycles. The summed E-state index contributed by atoms with van der Waals surface area (Å²) in [4.78, 5) is 14.5. The molecule has 0 amide bonds. The monoisotopic (exact) mass is 195 g/mol. The molecule has 5 nitrogen and oxygen atoms in total. The Morgan fingerprint density at radius 3 is 2.64 bits per heavy atom. The average molecular weight is 195 g/mol. The van der Waals surface area contributed by atoms with Crippen LogP contribution in [-0.2, 0) is 4.79 Å². The molecule has 1 heterocycles. The van der Waals surface area contributed by atoms with E-state index in [1.54, 1.807) is 0 Å². The second-order valence-corrected chi connectivity index (χ2v) is 3.24. The van der Waals surface area contributed by atoms with Crippen molar-refractivity contribution in [2.24, 2.45) is 4.99 Å². The summed E-state index contributed by atoms with van der Waals surface area (Å²) < 4.78 is 0. The molecule has 0 atom stereocenters. The average Bonchev–Trinajstić information content (AvgIpc) is 2.42. The van der Waals surface area contributed by atoms with Crippen LogP contribution in [0.25, 0.3) is 0 Å². The van der Waals surface area contributed by atoms with Gasteiger partial charge in [-0.3, -0.25) is 0 Å². The third-order valence-corrected chi connectivity index (χ3v) is 2.33. The number of hydrogen-bond acceptors (Lipinski definition) is 4. The van der Waals surface area contributed by atoms with Crippen LogP contribution in [0.1, 0.15) is 19.3 Å². The zero-order chi connectivity index (χ0) is 10.3. The van der Waals surface area contributed by atoms with Crippen LogP contribution < -0.4 is 0 Å². The molecule has 0 bridgehead atoms. The number of allylic oxidation sites excluding steroid dienone is 1. The smallest absolute Gasteiger partial charge is 0.342 e. The predicted octanol–water partition coefficient (Wildman–Crippen LogP) is 1.29. The van der Waals surface area contributed by atoms with Crippen LogP contribution in [0.2, 0.25) is 0 Å². The number of aliphatic hydroxyl groups is 2. The summed E-state index contributed by atoms with van der Waals surface area (Å²) >= 11 is 0. The van der Waals surface area contributed by atoms with Crippen LogP contribution in [0.3, 0.4) is 0 Å². The standard InChI is InChI=1S/C9H9NO4/c11-5-3-1-2-4-6(5)7(9(13)14)8(12)10-4/h11-12H,1-3H2,(H,13,14). The van der Waals surface area contributed by atoms with Gasteiger partial charge in [-0.2, -0.15) is 0 Å². The van der Waals surface area contributed by atoms with Gasteiger partial charge in [0.25, 0.3) is 0 Å². The van der Waals surface area contributed by atoms with E-state index < -0.39 is 11.9 Å². The van der Waals surface area contributed by atoms with Crippen LogP contribution >= 0.6 is 0 Å². The van der Waals surface area contributed by atoms with Crippen LogP contribution in [-0.4, -0.2) is 27.0 Å². The molecule has 1 aliphatic heterocycles. The van der Waals surface area contributed by atoms with Gasteiger partial charge in [-0.25, -0.2) is 9.79 Å². The minimum Gasteiger partial charge on any atom is -0.512 e. The summed E-state index contributed by atoms with van der Waals surface area (Å²) in [7, 11) is 0. The Morgan fingerprint density at radius 2 is 2.00 bits per heavy atom. The highest BCUT2D eigenvalue weighted by atomic mass is 16.4. The molecule has 0 aromatic rings. The SMILES string of the molecule is O=C(O)C1=C(O)N=C2CCCC(O)=C21. The quantitative estimate of drug-likeness (QED) is 0.588. The number of hydrogen-bond donors (Lipinski definition) is 3. The molecule has 2 aliphatic rings. The maximum absolute atomic E-state index is 10.8. The molecule has 74 valence electrons. The van der Waals surface area contributed by atoms with Gasteiger partial charge >= 0.3 is 5.97 Å². The molecule has 0 saturated heterocycles. The van der Waals surface area contributed by atoms with Crippen molar-refractivity contribution in [2.75, 3.05) is 0 Å². The summed E-state index contributed by atoms with van der Waals surface area (Å²) in [6, 6.07) is 0. The Kier molecular flexibility index (Phi) is 1.80. The number of carbonyl (C=O) groups is 1. The third-order valence-electron chi connectivity index (χ3n) is 2.33. The topological polar surface area (TPSA) is 90.1 Å². The number of nitrogens with zero attached hydrogens (tertiary/aromatic N) is 1. The van der Waals surface area contributed by atoms with Crippen LogP contribution in [0.5, 0.6) is 0 Å². The number of fused-ring (bicyclic) bond motifs is 1. The Labute approximate surface area is 79.7 Å². The van der Waals surface area contributed by atoms with Crippen molar-refractivity contribution < 1.29 is 20.1 Å². The molecule has 0 unspecified atom stereocenters. The van der Waals surface area contributed by atoms with Crippen molar-refractivity contribution in [2.45, 2.75) is 19.3 Å². The lowest BCUT2D eigenvalue weighted by Gasteiger charge is -2.13. The first-order valence-electron chi connectivity index (χ1n) is 4.28. The van der Waals surface area contributed by atoms with E-state index in [2.05, 4.69) is 4.99 Å². The number of carboxylic acids is 1. The summed E-state index contributed by atoms with van der Waals surface area (Å²) in [5.41, 5.74) is 0.405. The summed E-state index contributed by atoms with van der Waals surface area (Å²) in [5.74, 6) is -1.75. The van der Waals surface area contributed by atoms with Crippen molar-refractivity contribution in [1.29, 1.82) is 0 Å². The van der Waals surface area contributed by atoms with Gasteiger partial charge in [-0.1, -0.05) is 0 Å². The summed E-state index contributed by atoms with van der Waals surface area (Å²) in [6.45, 7) is 0. The van der Waals surface area contributed by atoms with Crippen molar-refractivity contribution in [1.82, 2.24) is 0 Å². The van der Waals surface area contributed by atoms with E-state index in [-0.39, 0.29) is 16.9 Å². The molecule has 5 heteroatoms. The summed E-state index contributed by atoms with van der Waals surface area (Å²) in [5, 5.41) is 27.6. The van der Waals surface area contributed by atoms with E-state index in [9.17, 15) is 15.0 Å². The van der Waals surface area contributed by atoms with Gasteiger partial charge in [-0.15, -0.1) is 0 Å². The van der Waals surface area contributed by atoms with Crippen molar-refractivity contribution in [3.63, 3.8) is 0 Å². The van der Waals surface area contributed by atoms with Crippen molar-refractivity contribution in [3.8, 4) is 0 Å².